The lowest BCUT2D eigenvalue weighted by Gasteiger charge is -2.24. The van der Waals surface area contributed by atoms with Crippen LogP contribution in [0.1, 0.15) is 39.0 Å². The zero-order valence-corrected chi connectivity index (χ0v) is 10.4. The van der Waals surface area contributed by atoms with Crippen molar-refractivity contribution in [2.45, 2.75) is 51.1 Å². The van der Waals surface area contributed by atoms with Gasteiger partial charge in [-0.15, -0.1) is 4.31 Å². The van der Waals surface area contributed by atoms with Gasteiger partial charge in [0.05, 0.1) is 6.04 Å². The molecule has 2 rings (SSSR count). The van der Waals surface area contributed by atoms with Crippen LogP contribution in [0.5, 0.6) is 0 Å². The molecule has 16 heavy (non-hydrogen) atoms. The van der Waals surface area contributed by atoms with E-state index in [2.05, 4.69) is 6.92 Å². The third-order valence-corrected chi connectivity index (χ3v) is 5.17. The van der Waals surface area contributed by atoms with Crippen LogP contribution in [-0.2, 0) is 16.2 Å². The van der Waals surface area contributed by atoms with Crippen LogP contribution in [-0.4, -0.2) is 37.8 Å². The molecule has 4 atom stereocenters. The monoisotopic (exact) mass is 245 g/mol. The largest absolute Gasteiger partial charge is 0.598 e. The second-order valence-electron chi connectivity index (χ2n) is 4.70. The maximum absolute atomic E-state index is 11.9. The predicted molar refractivity (Wildman–Crippen MR) is 62.3 cm³/mol. The molecule has 4 unspecified atom stereocenters. The average Bonchev–Trinajstić information content (AvgIpc) is 2.86. The third-order valence-electron chi connectivity index (χ3n) is 3.60. The summed E-state index contributed by atoms with van der Waals surface area (Å²) in [6, 6.07) is -0.410. The van der Waals surface area contributed by atoms with E-state index in [0.717, 1.165) is 25.7 Å². The molecule has 0 aromatic carbocycles. The van der Waals surface area contributed by atoms with Crippen molar-refractivity contribution in [3.05, 3.63) is 0 Å². The van der Waals surface area contributed by atoms with Gasteiger partial charge in [0.25, 0.3) is 0 Å². The van der Waals surface area contributed by atoms with Gasteiger partial charge in [-0.2, -0.15) is 0 Å². The van der Waals surface area contributed by atoms with Crippen LogP contribution in [0, 0.1) is 5.92 Å². The van der Waals surface area contributed by atoms with E-state index in [1.54, 1.807) is 4.31 Å². The minimum absolute atomic E-state index is 0.0592. The number of nitrogens with zero attached hydrogens (tertiary/aromatic N) is 1. The van der Waals surface area contributed by atoms with Crippen molar-refractivity contribution in [3.63, 3.8) is 0 Å². The molecule has 1 aliphatic carbocycles. The second kappa shape index (κ2) is 4.94. The topological polar surface area (TPSA) is 63.4 Å². The SMILES string of the molecule is CCCC[S+]([O-])N1C(C(=O)O)C1C1CCC1. The number of aliphatic carboxylic acids is 1. The lowest BCUT2D eigenvalue weighted by Crippen LogP contribution is -2.25. The molecular weight excluding hydrogens is 226 g/mol. The fraction of sp³-hybridized carbons (Fsp3) is 0.909. The van der Waals surface area contributed by atoms with Crippen molar-refractivity contribution in [1.29, 1.82) is 0 Å². The van der Waals surface area contributed by atoms with Gasteiger partial charge < -0.3 is 9.66 Å². The zero-order valence-electron chi connectivity index (χ0n) is 9.59. The molecule has 0 spiro atoms. The van der Waals surface area contributed by atoms with Gasteiger partial charge in [0.15, 0.2) is 6.04 Å². The molecule has 2 fully saturated rings. The predicted octanol–water partition coefficient (Wildman–Crippen LogP) is 1.39. The molecule has 2 aliphatic rings. The fourth-order valence-corrected chi connectivity index (χ4v) is 4.09. The van der Waals surface area contributed by atoms with Crippen molar-refractivity contribution in [3.8, 4) is 0 Å². The first-order valence-corrected chi connectivity index (χ1v) is 7.34. The number of carboxylic acid groups (broad SMARTS) is 1. The molecule has 0 aromatic rings. The summed E-state index contributed by atoms with van der Waals surface area (Å²) in [5.41, 5.74) is 0. The first-order chi connectivity index (χ1) is 7.66. The highest BCUT2D eigenvalue weighted by atomic mass is 32.2. The summed E-state index contributed by atoms with van der Waals surface area (Å²) in [6.45, 7) is 2.05. The Labute approximate surface area is 99.3 Å². The van der Waals surface area contributed by atoms with Crippen molar-refractivity contribution in [1.82, 2.24) is 4.31 Å². The van der Waals surface area contributed by atoms with Gasteiger partial charge in [-0.25, -0.2) is 0 Å². The molecule has 1 aliphatic heterocycles. The Morgan fingerprint density at radius 2 is 2.25 bits per heavy atom. The summed E-state index contributed by atoms with van der Waals surface area (Å²) >= 11 is -1.08. The van der Waals surface area contributed by atoms with Gasteiger partial charge >= 0.3 is 5.97 Å². The highest BCUT2D eigenvalue weighted by Gasteiger charge is 2.64. The van der Waals surface area contributed by atoms with Gasteiger partial charge in [0.1, 0.15) is 5.75 Å². The van der Waals surface area contributed by atoms with E-state index in [-0.39, 0.29) is 6.04 Å². The second-order valence-corrected chi connectivity index (χ2v) is 6.18. The number of carboxylic acids is 1. The molecule has 1 saturated heterocycles. The maximum atomic E-state index is 11.9. The van der Waals surface area contributed by atoms with E-state index >= 15 is 0 Å². The molecule has 4 nitrogen and oxygen atoms in total. The molecule has 1 heterocycles. The van der Waals surface area contributed by atoms with E-state index in [1.165, 1.54) is 6.42 Å². The third kappa shape index (κ3) is 2.21. The minimum atomic E-state index is -1.08. The van der Waals surface area contributed by atoms with Gasteiger partial charge in [-0.3, -0.25) is 4.79 Å². The van der Waals surface area contributed by atoms with Crippen LogP contribution in [0.15, 0.2) is 0 Å². The lowest BCUT2D eigenvalue weighted by molar-refractivity contribution is -0.137. The van der Waals surface area contributed by atoms with Crippen molar-refractivity contribution in [2.24, 2.45) is 5.92 Å². The summed E-state index contributed by atoms with van der Waals surface area (Å²) in [7, 11) is 0. The summed E-state index contributed by atoms with van der Waals surface area (Å²) < 4.78 is 13.6. The number of carbonyl (C=O) groups is 1. The lowest BCUT2D eigenvalue weighted by atomic mass is 9.82. The van der Waals surface area contributed by atoms with Crippen LogP contribution >= 0.6 is 0 Å². The fourth-order valence-electron chi connectivity index (χ4n) is 2.37. The standard InChI is InChI=1S/C11H19NO3S/c1-2-3-7-16(15)12-9(8-5-4-6-8)10(12)11(13)14/h8-10H,2-7H2,1H3,(H,13,14). The molecule has 0 radical (unpaired) electrons. The summed E-state index contributed by atoms with van der Waals surface area (Å²) in [5.74, 6) is 0.289. The van der Waals surface area contributed by atoms with E-state index in [4.69, 9.17) is 5.11 Å². The smallest absolute Gasteiger partial charge is 0.327 e. The van der Waals surface area contributed by atoms with Crippen molar-refractivity contribution >= 4 is 17.3 Å². The van der Waals surface area contributed by atoms with Crippen LogP contribution in [0.3, 0.4) is 0 Å². The van der Waals surface area contributed by atoms with Gasteiger partial charge in [0, 0.05) is 11.4 Å². The molecular formula is C11H19NO3S. The number of rotatable bonds is 6. The Kier molecular flexibility index (Phi) is 3.77. The maximum Gasteiger partial charge on any atom is 0.327 e. The summed E-state index contributed by atoms with van der Waals surface area (Å²) in [6.07, 6.45) is 5.33. The first-order valence-electron chi connectivity index (χ1n) is 6.06. The molecule has 5 heteroatoms. The number of unbranched alkanes of at least 4 members (excludes halogenated alkanes) is 1. The van der Waals surface area contributed by atoms with Crippen LogP contribution in [0.4, 0.5) is 0 Å². The van der Waals surface area contributed by atoms with E-state index in [9.17, 15) is 9.35 Å². The average molecular weight is 245 g/mol. The van der Waals surface area contributed by atoms with Crippen molar-refractivity contribution < 1.29 is 14.5 Å². The Hall–Kier alpha value is -0.260. The molecule has 1 N–H and O–H groups in total. The highest BCUT2D eigenvalue weighted by Crippen LogP contribution is 2.46. The Balaban J connectivity index is 1.89. The summed E-state index contributed by atoms with van der Waals surface area (Å²) in [4.78, 5) is 11.0. The van der Waals surface area contributed by atoms with Crippen molar-refractivity contribution in [2.75, 3.05) is 5.75 Å². The Morgan fingerprint density at radius 3 is 2.69 bits per heavy atom. The Morgan fingerprint density at radius 1 is 1.56 bits per heavy atom. The van der Waals surface area contributed by atoms with E-state index in [1.807, 2.05) is 0 Å². The molecule has 1 saturated carbocycles. The van der Waals surface area contributed by atoms with E-state index in [0.29, 0.717) is 11.7 Å². The molecule has 0 aromatic heterocycles. The number of hydrogen-bond donors (Lipinski definition) is 1. The summed E-state index contributed by atoms with van der Waals surface area (Å²) in [5, 5.41) is 9.06. The molecule has 0 bridgehead atoms. The minimum Gasteiger partial charge on any atom is -0.598 e. The Bertz CT molecular complexity index is 270. The molecule has 92 valence electrons. The van der Waals surface area contributed by atoms with Gasteiger partial charge in [0.2, 0.25) is 0 Å². The van der Waals surface area contributed by atoms with Crippen LogP contribution in [0.2, 0.25) is 0 Å². The zero-order chi connectivity index (χ0) is 11.7. The van der Waals surface area contributed by atoms with E-state index < -0.39 is 23.4 Å². The van der Waals surface area contributed by atoms with Crippen LogP contribution < -0.4 is 0 Å². The molecule has 0 amide bonds. The van der Waals surface area contributed by atoms with Crippen LogP contribution in [0.25, 0.3) is 0 Å². The van der Waals surface area contributed by atoms with Gasteiger partial charge in [-0.1, -0.05) is 19.8 Å². The van der Waals surface area contributed by atoms with Gasteiger partial charge in [-0.05, 0) is 25.2 Å². The quantitative estimate of drug-likeness (QED) is 0.567. The number of hydrogen-bond acceptors (Lipinski definition) is 3. The first kappa shape index (κ1) is 12.2. The highest BCUT2D eigenvalue weighted by molar-refractivity contribution is 7.89. The normalized spacial score (nSPS) is 35.5.